The molecule has 0 aliphatic carbocycles. The van der Waals surface area contributed by atoms with Crippen LogP contribution in [0.15, 0.2) is 54.6 Å². The van der Waals surface area contributed by atoms with Gasteiger partial charge in [-0.1, -0.05) is 42.5 Å². The number of carboxylic acid groups (broad SMARTS) is 1. The van der Waals surface area contributed by atoms with Crippen molar-refractivity contribution in [2.75, 3.05) is 25.0 Å². The zero-order chi connectivity index (χ0) is 17.9. The predicted octanol–water partition coefficient (Wildman–Crippen LogP) is 3.09. The molecular formula is C20H22N2O3. The fraction of sp³-hybridized carbons (Fsp3) is 0.300. The number of likely N-dealkylation sites (tertiary alicyclic amines) is 1. The summed E-state index contributed by atoms with van der Waals surface area (Å²) in [5.74, 6) is -0.922. The van der Waals surface area contributed by atoms with Gasteiger partial charge >= 0.3 is 5.97 Å². The summed E-state index contributed by atoms with van der Waals surface area (Å²) in [6, 6.07) is 17.8. The largest absolute Gasteiger partial charge is 0.481 e. The second kappa shape index (κ2) is 7.07. The minimum atomic E-state index is -0.799. The van der Waals surface area contributed by atoms with Crippen molar-refractivity contribution in [3.63, 3.8) is 0 Å². The van der Waals surface area contributed by atoms with Gasteiger partial charge in [0.1, 0.15) is 0 Å². The van der Waals surface area contributed by atoms with Crippen molar-refractivity contribution in [3.8, 4) is 11.1 Å². The number of aliphatic carboxylic acids is 1. The Labute approximate surface area is 147 Å². The van der Waals surface area contributed by atoms with E-state index < -0.39 is 11.4 Å². The van der Waals surface area contributed by atoms with E-state index >= 15 is 0 Å². The summed E-state index contributed by atoms with van der Waals surface area (Å²) >= 11 is 0. The van der Waals surface area contributed by atoms with E-state index in [2.05, 4.69) is 5.32 Å². The molecule has 25 heavy (non-hydrogen) atoms. The lowest BCUT2D eigenvalue weighted by atomic mass is 9.90. The molecule has 1 fully saturated rings. The van der Waals surface area contributed by atoms with Crippen molar-refractivity contribution in [1.29, 1.82) is 0 Å². The van der Waals surface area contributed by atoms with Gasteiger partial charge in [0.15, 0.2) is 0 Å². The number of amides is 1. The Morgan fingerprint density at radius 2 is 1.72 bits per heavy atom. The first-order valence-corrected chi connectivity index (χ1v) is 8.37. The Morgan fingerprint density at radius 3 is 2.32 bits per heavy atom. The number of carbonyl (C=O) groups excluding carboxylic acids is 1. The van der Waals surface area contributed by atoms with Gasteiger partial charge < -0.3 is 10.4 Å². The smallest absolute Gasteiger partial charge is 0.310 e. The average Bonchev–Trinajstić information content (AvgIpc) is 2.98. The van der Waals surface area contributed by atoms with Crippen molar-refractivity contribution < 1.29 is 14.7 Å². The monoisotopic (exact) mass is 338 g/mol. The standard InChI is InChI=1S/C20H22N2O3/c1-20(19(24)25)11-12-22(14-20)13-18(23)21-17-9-7-16(8-10-17)15-5-3-2-4-6-15/h2-10H,11-14H2,1H3,(H,21,23)(H,24,25). The average molecular weight is 338 g/mol. The third-order valence-corrected chi connectivity index (χ3v) is 4.71. The summed E-state index contributed by atoms with van der Waals surface area (Å²) in [7, 11) is 0. The van der Waals surface area contributed by atoms with Crippen LogP contribution in [0.5, 0.6) is 0 Å². The molecule has 1 heterocycles. The summed E-state index contributed by atoms with van der Waals surface area (Å²) in [6.07, 6.45) is 0.571. The van der Waals surface area contributed by atoms with Crippen LogP contribution in [-0.2, 0) is 9.59 Å². The highest BCUT2D eigenvalue weighted by molar-refractivity contribution is 5.92. The fourth-order valence-electron chi connectivity index (χ4n) is 3.15. The van der Waals surface area contributed by atoms with Gasteiger partial charge in [-0.05, 0) is 43.1 Å². The minimum absolute atomic E-state index is 0.123. The molecule has 1 saturated heterocycles. The lowest BCUT2D eigenvalue weighted by Crippen LogP contribution is -2.35. The van der Waals surface area contributed by atoms with Crippen LogP contribution in [0.2, 0.25) is 0 Å². The van der Waals surface area contributed by atoms with Gasteiger partial charge in [-0.2, -0.15) is 0 Å². The van der Waals surface area contributed by atoms with Gasteiger partial charge in [0.25, 0.3) is 0 Å². The first-order valence-electron chi connectivity index (χ1n) is 8.37. The van der Waals surface area contributed by atoms with Crippen LogP contribution >= 0.6 is 0 Å². The fourth-order valence-corrected chi connectivity index (χ4v) is 3.15. The van der Waals surface area contributed by atoms with Gasteiger partial charge in [0, 0.05) is 12.2 Å². The van der Waals surface area contributed by atoms with E-state index in [-0.39, 0.29) is 12.5 Å². The Bertz CT molecular complexity index is 758. The second-order valence-corrected chi connectivity index (χ2v) is 6.82. The van der Waals surface area contributed by atoms with Crippen LogP contribution in [0, 0.1) is 5.41 Å². The normalized spacial score (nSPS) is 20.4. The van der Waals surface area contributed by atoms with Gasteiger partial charge in [-0.25, -0.2) is 0 Å². The number of benzene rings is 2. The molecule has 3 rings (SSSR count). The molecule has 0 bridgehead atoms. The predicted molar refractivity (Wildman–Crippen MR) is 97.3 cm³/mol. The highest BCUT2D eigenvalue weighted by Crippen LogP contribution is 2.29. The van der Waals surface area contributed by atoms with Crippen LogP contribution in [0.4, 0.5) is 5.69 Å². The molecule has 1 aliphatic heterocycles. The van der Waals surface area contributed by atoms with Crippen LogP contribution in [0.3, 0.4) is 0 Å². The molecule has 0 radical (unpaired) electrons. The first-order chi connectivity index (χ1) is 12.0. The van der Waals surface area contributed by atoms with Crippen LogP contribution in [0.1, 0.15) is 13.3 Å². The summed E-state index contributed by atoms with van der Waals surface area (Å²) < 4.78 is 0. The zero-order valence-electron chi connectivity index (χ0n) is 14.2. The van der Waals surface area contributed by atoms with E-state index in [9.17, 15) is 14.7 Å². The Kier molecular flexibility index (Phi) is 4.86. The van der Waals surface area contributed by atoms with Crippen molar-refractivity contribution in [2.24, 2.45) is 5.41 Å². The van der Waals surface area contributed by atoms with E-state index in [4.69, 9.17) is 0 Å². The number of hydrogen-bond acceptors (Lipinski definition) is 3. The maximum Gasteiger partial charge on any atom is 0.310 e. The molecule has 130 valence electrons. The zero-order valence-corrected chi connectivity index (χ0v) is 14.2. The van der Waals surface area contributed by atoms with Crippen LogP contribution in [-0.4, -0.2) is 41.5 Å². The first kappa shape index (κ1) is 17.2. The molecule has 1 unspecified atom stereocenters. The summed E-state index contributed by atoms with van der Waals surface area (Å²) in [5, 5.41) is 12.1. The van der Waals surface area contributed by atoms with E-state index in [1.165, 1.54) is 0 Å². The number of hydrogen-bond donors (Lipinski definition) is 2. The van der Waals surface area contributed by atoms with Crippen molar-refractivity contribution in [2.45, 2.75) is 13.3 Å². The lowest BCUT2D eigenvalue weighted by Gasteiger charge is -2.19. The van der Waals surface area contributed by atoms with Crippen LogP contribution in [0.25, 0.3) is 11.1 Å². The SMILES string of the molecule is CC1(C(=O)O)CCN(CC(=O)Nc2ccc(-c3ccccc3)cc2)C1. The lowest BCUT2D eigenvalue weighted by molar-refractivity contribution is -0.147. The highest BCUT2D eigenvalue weighted by atomic mass is 16.4. The molecule has 5 nitrogen and oxygen atoms in total. The van der Waals surface area contributed by atoms with Crippen molar-refractivity contribution >= 4 is 17.6 Å². The molecule has 0 aromatic heterocycles. The van der Waals surface area contributed by atoms with Crippen LogP contribution < -0.4 is 5.32 Å². The maximum absolute atomic E-state index is 12.2. The molecule has 1 amide bonds. The molecular weight excluding hydrogens is 316 g/mol. The molecule has 0 spiro atoms. The Hall–Kier alpha value is -2.66. The number of carboxylic acids is 1. The molecule has 2 aromatic rings. The van der Waals surface area contributed by atoms with Gasteiger partial charge in [0.2, 0.25) is 5.91 Å². The Balaban J connectivity index is 1.56. The third kappa shape index (κ3) is 4.06. The maximum atomic E-state index is 12.2. The second-order valence-electron chi connectivity index (χ2n) is 6.82. The van der Waals surface area contributed by atoms with Crippen molar-refractivity contribution in [3.05, 3.63) is 54.6 Å². The Morgan fingerprint density at radius 1 is 1.08 bits per heavy atom. The topological polar surface area (TPSA) is 69.6 Å². The highest BCUT2D eigenvalue weighted by Gasteiger charge is 2.40. The molecule has 2 aromatic carbocycles. The molecule has 0 saturated carbocycles. The van der Waals surface area contributed by atoms with Crippen molar-refractivity contribution in [1.82, 2.24) is 4.90 Å². The van der Waals surface area contributed by atoms with Gasteiger partial charge in [-0.15, -0.1) is 0 Å². The van der Waals surface area contributed by atoms with E-state index in [0.29, 0.717) is 19.5 Å². The molecule has 1 atom stereocenters. The molecule has 5 heteroatoms. The number of anilines is 1. The summed E-state index contributed by atoms with van der Waals surface area (Å²) in [6.45, 7) is 2.98. The number of carbonyl (C=O) groups is 2. The third-order valence-electron chi connectivity index (χ3n) is 4.71. The molecule has 2 N–H and O–H groups in total. The van der Waals surface area contributed by atoms with Gasteiger partial charge in [-0.3, -0.25) is 14.5 Å². The van der Waals surface area contributed by atoms with Gasteiger partial charge in [0.05, 0.1) is 12.0 Å². The summed E-state index contributed by atoms with van der Waals surface area (Å²) in [4.78, 5) is 25.4. The van der Waals surface area contributed by atoms with E-state index in [1.807, 2.05) is 59.5 Å². The van der Waals surface area contributed by atoms with E-state index in [1.54, 1.807) is 6.92 Å². The van der Waals surface area contributed by atoms with E-state index in [0.717, 1.165) is 16.8 Å². The number of nitrogens with zero attached hydrogens (tertiary/aromatic N) is 1. The number of nitrogens with one attached hydrogen (secondary N) is 1. The summed E-state index contributed by atoms with van der Waals surface area (Å²) in [5.41, 5.74) is 2.21. The number of rotatable bonds is 5. The minimum Gasteiger partial charge on any atom is -0.481 e. The molecule has 1 aliphatic rings. The quantitative estimate of drug-likeness (QED) is 0.879.